The third kappa shape index (κ3) is 4.12. The largest absolute Gasteiger partial charge is 0.397 e. The molecule has 1 saturated heterocycles. The molecule has 0 bridgehead atoms. The molecule has 0 amide bonds. The number of hydrogen-bond donors (Lipinski definition) is 1. The molecule has 0 aromatic rings. The van der Waals surface area contributed by atoms with E-state index in [1.54, 1.807) is 0 Å². The van der Waals surface area contributed by atoms with Gasteiger partial charge in [-0.2, -0.15) is 8.42 Å². The molecule has 1 aliphatic heterocycles. The van der Waals surface area contributed by atoms with Gasteiger partial charge >= 0.3 is 10.4 Å². The molecule has 0 spiro atoms. The molecule has 1 N–H and O–H groups in total. The van der Waals surface area contributed by atoms with Crippen LogP contribution in [0, 0.1) is 0 Å². The monoisotopic (exact) mass is 286 g/mol. The molecule has 1 heterocycles. The van der Waals surface area contributed by atoms with E-state index in [4.69, 9.17) is 23.5 Å². The maximum absolute atomic E-state index is 10.5. The Labute approximate surface area is 106 Å². The summed E-state index contributed by atoms with van der Waals surface area (Å²) in [5.74, 6) is 0. The second-order valence-corrected chi connectivity index (χ2v) is 4.85. The van der Waals surface area contributed by atoms with Crippen LogP contribution in [0.3, 0.4) is 0 Å². The van der Waals surface area contributed by atoms with Gasteiger partial charge in [0.05, 0.1) is 13.2 Å². The average Bonchev–Trinajstić information content (AvgIpc) is 2.33. The highest BCUT2D eigenvalue weighted by Crippen LogP contribution is 2.22. The van der Waals surface area contributed by atoms with E-state index in [2.05, 4.69) is 4.18 Å². The Hall–Kier alpha value is -0.290. The number of ether oxygens (including phenoxy) is 4. The van der Waals surface area contributed by atoms with Crippen molar-refractivity contribution in [1.82, 2.24) is 0 Å². The van der Waals surface area contributed by atoms with E-state index < -0.39 is 28.7 Å². The molecule has 4 atom stereocenters. The van der Waals surface area contributed by atoms with Crippen molar-refractivity contribution in [2.24, 2.45) is 0 Å². The van der Waals surface area contributed by atoms with Crippen molar-refractivity contribution in [1.29, 1.82) is 0 Å². The van der Waals surface area contributed by atoms with Gasteiger partial charge < -0.3 is 18.9 Å². The van der Waals surface area contributed by atoms with Crippen LogP contribution in [0.1, 0.15) is 0 Å². The summed E-state index contributed by atoms with van der Waals surface area (Å²) in [6, 6.07) is 0. The van der Waals surface area contributed by atoms with Gasteiger partial charge in [0.1, 0.15) is 24.4 Å². The molecule has 108 valence electrons. The number of hydrogen-bond acceptors (Lipinski definition) is 7. The molecule has 0 aromatic carbocycles. The minimum atomic E-state index is -4.51. The van der Waals surface area contributed by atoms with Crippen LogP contribution in [-0.4, -0.2) is 71.9 Å². The van der Waals surface area contributed by atoms with Gasteiger partial charge in [-0.3, -0.25) is 4.55 Å². The molecule has 0 aromatic heterocycles. The van der Waals surface area contributed by atoms with Crippen molar-refractivity contribution in [2.75, 3.05) is 34.5 Å². The summed E-state index contributed by atoms with van der Waals surface area (Å²) >= 11 is 0. The molecule has 3 unspecified atom stereocenters. The molecule has 18 heavy (non-hydrogen) atoms. The Balaban J connectivity index is 2.69. The number of rotatable bonds is 6. The van der Waals surface area contributed by atoms with Gasteiger partial charge in [-0.15, -0.1) is 0 Å². The number of methoxy groups -OCH3 is 3. The third-order valence-electron chi connectivity index (χ3n) is 2.76. The molecule has 9 heteroatoms. The maximum Gasteiger partial charge on any atom is 0.397 e. The Morgan fingerprint density at radius 1 is 1.17 bits per heavy atom. The van der Waals surface area contributed by atoms with Crippen molar-refractivity contribution in [2.45, 2.75) is 24.4 Å². The van der Waals surface area contributed by atoms with Gasteiger partial charge in [-0.05, 0) is 0 Å². The van der Waals surface area contributed by atoms with E-state index in [0.29, 0.717) is 0 Å². The molecule has 0 saturated carbocycles. The first-order valence-corrected chi connectivity index (χ1v) is 6.61. The van der Waals surface area contributed by atoms with Crippen LogP contribution >= 0.6 is 0 Å². The second-order valence-electron chi connectivity index (χ2n) is 3.76. The van der Waals surface area contributed by atoms with E-state index in [1.807, 2.05) is 0 Å². The zero-order chi connectivity index (χ0) is 13.8. The quantitative estimate of drug-likeness (QED) is 0.637. The van der Waals surface area contributed by atoms with E-state index >= 15 is 0 Å². The Kier molecular flexibility index (Phi) is 5.92. The smallest absolute Gasteiger partial charge is 0.376 e. The summed E-state index contributed by atoms with van der Waals surface area (Å²) in [5.41, 5.74) is 0. The normalized spacial score (nSPS) is 33.6. The Morgan fingerprint density at radius 2 is 1.78 bits per heavy atom. The fourth-order valence-electron chi connectivity index (χ4n) is 1.90. The minimum absolute atomic E-state index is 0.217. The molecule has 1 aliphatic rings. The van der Waals surface area contributed by atoms with Crippen molar-refractivity contribution >= 4 is 10.4 Å². The van der Waals surface area contributed by atoms with E-state index in [-0.39, 0.29) is 19.3 Å². The predicted octanol–water partition coefficient (Wildman–Crippen LogP) is -0.750. The van der Waals surface area contributed by atoms with Crippen LogP contribution in [0.15, 0.2) is 0 Å². The summed E-state index contributed by atoms with van der Waals surface area (Å²) in [5, 5.41) is 0. The lowest BCUT2D eigenvalue weighted by molar-refractivity contribution is -0.216. The van der Waals surface area contributed by atoms with Crippen LogP contribution in [0.25, 0.3) is 0 Å². The van der Waals surface area contributed by atoms with Crippen LogP contribution in [-0.2, 0) is 33.5 Å². The van der Waals surface area contributed by atoms with Crippen molar-refractivity contribution in [3.8, 4) is 0 Å². The summed E-state index contributed by atoms with van der Waals surface area (Å²) in [7, 11) is -0.0526. The molecular weight excluding hydrogens is 268 g/mol. The van der Waals surface area contributed by atoms with Crippen molar-refractivity contribution in [3.63, 3.8) is 0 Å². The predicted molar refractivity (Wildman–Crippen MR) is 59.6 cm³/mol. The summed E-state index contributed by atoms with van der Waals surface area (Å²) in [6.07, 6.45) is -1.96. The van der Waals surface area contributed by atoms with E-state index in [9.17, 15) is 8.42 Å². The molecule has 8 nitrogen and oxygen atoms in total. The minimum Gasteiger partial charge on any atom is -0.376 e. The van der Waals surface area contributed by atoms with Gasteiger partial charge in [0.2, 0.25) is 0 Å². The lowest BCUT2D eigenvalue weighted by Crippen LogP contribution is -2.56. The van der Waals surface area contributed by atoms with Gasteiger partial charge in [0.15, 0.2) is 0 Å². The van der Waals surface area contributed by atoms with Crippen LogP contribution < -0.4 is 0 Å². The summed E-state index contributed by atoms with van der Waals surface area (Å²) in [4.78, 5) is 0. The summed E-state index contributed by atoms with van der Waals surface area (Å²) < 4.78 is 54.9. The lowest BCUT2D eigenvalue weighted by Gasteiger charge is -2.40. The van der Waals surface area contributed by atoms with Crippen molar-refractivity contribution < 1.29 is 36.1 Å². The topological polar surface area (TPSA) is 101 Å². The van der Waals surface area contributed by atoms with Gasteiger partial charge in [0, 0.05) is 21.3 Å². The maximum atomic E-state index is 10.5. The second kappa shape index (κ2) is 6.75. The first-order chi connectivity index (χ1) is 8.42. The van der Waals surface area contributed by atoms with Gasteiger partial charge in [-0.1, -0.05) is 0 Å². The lowest BCUT2D eigenvalue weighted by atomic mass is 10.00. The highest BCUT2D eigenvalue weighted by molar-refractivity contribution is 7.80. The Morgan fingerprint density at radius 3 is 2.22 bits per heavy atom. The van der Waals surface area contributed by atoms with E-state index in [0.717, 1.165) is 0 Å². The molecule has 1 rings (SSSR count). The van der Waals surface area contributed by atoms with Crippen LogP contribution in [0.5, 0.6) is 0 Å². The van der Waals surface area contributed by atoms with Gasteiger partial charge in [-0.25, -0.2) is 4.18 Å². The molecular formula is C9H18O8S. The highest BCUT2D eigenvalue weighted by Gasteiger charge is 2.41. The highest BCUT2D eigenvalue weighted by atomic mass is 32.3. The molecule has 0 aliphatic carbocycles. The van der Waals surface area contributed by atoms with Crippen molar-refractivity contribution in [3.05, 3.63) is 0 Å². The zero-order valence-corrected chi connectivity index (χ0v) is 11.3. The first-order valence-electron chi connectivity index (χ1n) is 5.24. The summed E-state index contributed by atoms with van der Waals surface area (Å²) in [6.45, 7) is -0.137. The van der Waals surface area contributed by atoms with Gasteiger partial charge in [0.25, 0.3) is 0 Å². The fourth-order valence-corrected chi connectivity index (χ4v) is 2.21. The molecule has 1 fully saturated rings. The van der Waals surface area contributed by atoms with E-state index in [1.165, 1.54) is 21.3 Å². The Bertz CT molecular complexity index is 342. The SMILES string of the molecule is COC1COC(COS(=O)(=O)O)[C@@H](OC)C1OC. The van der Waals surface area contributed by atoms with Crippen LogP contribution in [0.2, 0.25) is 0 Å². The third-order valence-corrected chi connectivity index (χ3v) is 3.19. The molecule has 0 radical (unpaired) electrons. The van der Waals surface area contributed by atoms with Crippen LogP contribution in [0.4, 0.5) is 0 Å². The first kappa shape index (κ1) is 15.8. The zero-order valence-electron chi connectivity index (χ0n) is 10.4. The fraction of sp³-hybridized carbons (Fsp3) is 1.00. The standard InChI is InChI=1S/C9H18O8S/c1-13-6-4-16-7(5-17-18(10,11)12)9(15-3)8(6)14-2/h6-9H,4-5H2,1-3H3,(H,10,11,12)/t6?,7?,8?,9-/m1/s1. The average molecular weight is 286 g/mol.